The molecule has 0 bridgehead atoms. The van der Waals surface area contributed by atoms with Crippen LogP contribution >= 0.6 is 0 Å². The van der Waals surface area contributed by atoms with E-state index in [-0.39, 0.29) is 5.56 Å². The molecule has 4 nitrogen and oxygen atoms in total. The van der Waals surface area contributed by atoms with Gasteiger partial charge in [-0.25, -0.2) is 4.98 Å². The third kappa shape index (κ3) is 3.08. The number of aryl methyl sites for hydroxylation is 1. The largest absolute Gasteiger partial charge is 0.365 e. The van der Waals surface area contributed by atoms with Crippen molar-refractivity contribution >= 4 is 5.82 Å². The van der Waals surface area contributed by atoms with Crippen LogP contribution in [0.15, 0.2) is 17.2 Å². The lowest BCUT2D eigenvalue weighted by Gasteiger charge is -2.21. The van der Waals surface area contributed by atoms with Gasteiger partial charge in [0.25, 0.3) is 5.56 Å². The molecule has 0 atom stereocenters. The summed E-state index contributed by atoms with van der Waals surface area (Å²) in [5, 5.41) is 3.21. The highest BCUT2D eigenvalue weighted by Gasteiger charge is 2.14. The second kappa shape index (κ2) is 5.84. The molecule has 1 fully saturated rings. The lowest BCUT2D eigenvalue weighted by Crippen LogP contribution is -2.26. The van der Waals surface area contributed by atoms with Gasteiger partial charge in [0.1, 0.15) is 0 Å². The first-order valence-corrected chi connectivity index (χ1v) is 6.60. The van der Waals surface area contributed by atoms with Gasteiger partial charge in [-0.2, -0.15) is 0 Å². The average molecular weight is 235 g/mol. The van der Waals surface area contributed by atoms with E-state index in [0.29, 0.717) is 18.3 Å². The van der Waals surface area contributed by atoms with Crippen molar-refractivity contribution in [1.29, 1.82) is 0 Å². The minimum atomic E-state index is -0.00851. The molecule has 0 aromatic carbocycles. The maximum Gasteiger partial charge on any atom is 0.293 e. The molecule has 0 unspecified atom stereocenters. The molecule has 0 amide bonds. The number of rotatable bonds is 4. The first-order chi connectivity index (χ1) is 8.31. The Labute approximate surface area is 102 Å². The van der Waals surface area contributed by atoms with Gasteiger partial charge in [0.15, 0.2) is 5.82 Å². The number of aromatic nitrogens is 2. The fraction of sp³-hybridized carbons (Fsp3) is 0.692. The lowest BCUT2D eigenvalue weighted by molar-refractivity contribution is 0.373. The Hall–Kier alpha value is -1.32. The van der Waals surface area contributed by atoms with Crippen LogP contribution in [0.2, 0.25) is 0 Å². The SMILES string of the molecule is CCn1ccnc(NCC2CCCCC2)c1=O. The van der Waals surface area contributed by atoms with Crippen molar-refractivity contribution in [3.05, 3.63) is 22.7 Å². The molecule has 1 aliphatic carbocycles. The summed E-state index contributed by atoms with van der Waals surface area (Å²) >= 11 is 0. The average Bonchev–Trinajstić information content (AvgIpc) is 2.39. The highest BCUT2D eigenvalue weighted by atomic mass is 16.1. The van der Waals surface area contributed by atoms with Crippen LogP contribution in [0.25, 0.3) is 0 Å². The van der Waals surface area contributed by atoms with Crippen LogP contribution in [0, 0.1) is 5.92 Å². The minimum Gasteiger partial charge on any atom is -0.365 e. The molecule has 1 saturated carbocycles. The van der Waals surface area contributed by atoms with Crippen LogP contribution in [0.1, 0.15) is 39.0 Å². The van der Waals surface area contributed by atoms with Gasteiger partial charge in [0, 0.05) is 25.5 Å². The van der Waals surface area contributed by atoms with Crippen molar-refractivity contribution in [1.82, 2.24) is 9.55 Å². The summed E-state index contributed by atoms with van der Waals surface area (Å²) in [6.07, 6.45) is 10.00. The quantitative estimate of drug-likeness (QED) is 0.870. The van der Waals surface area contributed by atoms with Crippen molar-refractivity contribution in [3.8, 4) is 0 Å². The summed E-state index contributed by atoms with van der Waals surface area (Å²) in [5.41, 5.74) is -0.00851. The number of hydrogen-bond donors (Lipinski definition) is 1. The van der Waals surface area contributed by atoms with Gasteiger partial charge in [-0.15, -0.1) is 0 Å². The van der Waals surface area contributed by atoms with E-state index in [0.717, 1.165) is 6.54 Å². The zero-order chi connectivity index (χ0) is 12.1. The maximum absolute atomic E-state index is 11.9. The van der Waals surface area contributed by atoms with Gasteiger partial charge in [-0.05, 0) is 25.7 Å². The summed E-state index contributed by atoms with van der Waals surface area (Å²) in [6, 6.07) is 0. The summed E-state index contributed by atoms with van der Waals surface area (Å²) in [5.74, 6) is 1.21. The fourth-order valence-corrected chi connectivity index (χ4v) is 2.45. The number of nitrogens with one attached hydrogen (secondary N) is 1. The normalized spacial score (nSPS) is 17.0. The second-order valence-electron chi connectivity index (χ2n) is 4.75. The highest BCUT2D eigenvalue weighted by Crippen LogP contribution is 2.23. The molecule has 0 aliphatic heterocycles. The number of hydrogen-bond acceptors (Lipinski definition) is 3. The second-order valence-corrected chi connectivity index (χ2v) is 4.75. The molecule has 0 spiro atoms. The molecule has 0 saturated heterocycles. The predicted molar refractivity (Wildman–Crippen MR) is 69.2 cm³/mol. The van der Waals surface area contributed by atoms with Crippen LogP contribution in [0.4, 0.5) is 5.82 Å². The summed E-state index contributed by atoms with van der Waals surface area (Å²) in [4.78, 5) is 16.0. The van der Waals surface area contributed by atoms with Crippen molar-refractivity contribution in [2.24, 2.45) is 5.92 Å². The smallest absolute Gasteiger partial charge is 0.293 e. The third-order valence-corrected chi connectivity index (χ3v) is 3.54. The van der Waals surface area contributed by atoms with E-state index in [9.17, 15) is 4.79 Å². The van der Waals surface area contributed by atoms with Gasteiger partial charge in [-0.3, -0.25) is 4.79 Å². The highest BCUT2D eigenvalue weighted by molar-refractivity contribution is 5.30. The van der Waals surface area contributed by atoms with E-state index < -0.39 is 0 Å². The van der Waals surface area contributed by atoms with Crippen LogP contribution in [-0.2, 0) is 6.54 Å². The topological polar surface area (TPSA) is 46.9 Å². The Kier molecular flexibility index (Phi) is 4.18. The van der Waals surface area contributed by atoms with Gasteiger partial charge in [-0.1, -0.05) is 19.3 Å². The molecular formula is C13H21N3O. The Bertz CT molecular complexity index is 407. The summed E-state index contributed by atoms with van der Waals surface area (Å²) in [7, 11) is 0. The standard InChI is InChI=1S/C13H21N3O/c1-2-16-9-8-14-12(13(16)17)15-10-11-6-4-3-5-7-11/h8-9,11H,2-7,10H2,1H3,(H,14,15). The molecule has 0 radical (unpaired) electrons. The van der Waals surface area contributed by atoms with E-state index in [4.69, 9.17) is 0 Å². The molecular weight excluding hydrogens is 214 g/mol. The first-order valence-electron chi connectivity index (χ1n) is 6.60. The van der Waals surface area contributed by atoms with Gasteiger partial charge < -0.3 is 9.88 Å². The van der Waals surface area contributed by atoms with Gasteiger partial charge >= 0.3 is 0 Å². The molecule has 1 N–H and O–H groups in total. The van der Waals surface area contributed by atoms with Crippen molar-refractivity contribution in [3.63, 3.8) is 0 Å². The molecule has 1 aliphatic rings. The third-order valence-electron chi connectivity index (χ3n) is 3.54. The van der Waals surface area contributed by atoms with E-state index in [1.165, 1.54) is 32.1 Å². The fourth-order valence-electron chi connectivity index (χ4n) is 2.45. The molecule has 1 aromatic heterocycles. The Morgan fingerprint density at radius 1 is 1.41 bits per heavy atom. The molecule has 2 rings (SSSR count). The molecule has 17 heavy (non-hydrogen) atoms. The zero-order valence-corrected chi connectivity index (χ0v) is 10.5. The molecule has 94 valence electrons. The van der Waals surface area contributed by atoms with Crippen molar-refractivity contribution < 1.29 is 0 Å². The van der Waals surface area contributed by atoms with Crippen LogP contribution in [0.3, 0.4) is 0 Å². The van der Waals surface area contributed by atoms with Crippen molar-refractivity contribution in [2.75, 3.05) is 11.9 Å². The van der Waals surface area contributed by atoms with Gasteiger partial charge in [0.2, 0.25) is 0 Å². The Balaban J connectivity index is 1.96. The predicted octanol–water partition coefficient (Wildman–Crippen LogP) is 2.26. The number of anilines is 1. The van der Waals surface area contributed by atoms with Crippen LogP contribution in [0.5, 0.6) is 0 Å². The summed E-state index contributed by atoms with van der Waals surface area (Å²) < 4.78 is 1.68. The van der Waals surface area contributed by atoms with Gasteiger partial charge in [0.05, 0.1) is 0 Å². The maximum atomic E-state index is 11.9. The van der Waals surface area contributed by atoms with Crippen LogP contribution in [-0.4, -0.2) is 16.1 Å². The monoisotopic (exact) mass is 235 g/mol. The van der Waals surface area contributed by atoms with E-state index in [2.05, 4.69) is 10.3 Å². The first kappa shape index (κ1) is 12.1. The van der Waals surface area contributed by atoms with Crippen LogP contribution < -0.4 is 10.9 Å². The summed E-state index contributed by atoms with van der Waals surface area (Å²) in [6.45, 7) is 3.54. The van der Waals surface area contributed by atoms with Crippen molar-refractivity contribution in [2.45, 2.75) is 45.6 Å². The lowest BCUT2D eigenvalue weighted by atomic mass is 9.89. The minimum absolute atomic E-state index is 0.00851. The number of nitrogens with zero attached hydrogens (tertiary/aromatic N) is 2. The Morgan fingerprint density at radius 2 is 2.18 bits per heavy atom. The molecule has 1 heterocycles. The Morgan fingerprint density at radius 3 is 2.88 bits per heavy atom. The van der Waals surface area contributed by atoms with E-state index in [1.807, 2.05) is 6.92 Å². The molecule has 1 aromatic rings. The molecule has 4 heteroatoms. The zero-order valence-electron chi connectivity index (χ0n) is 10.5. The van der Waals surface area contributed by atoms with E-state index in [1.54, 1.807) is 17.0 Å². The van der Waals surface area contributed by atoms with E-state index >= 15 is 0 Å².